The van der Waals surface area contributed by atoms with Gasteiger partial charge in [0.05, 0.1) is 12.6 Å². The smallest absolute Gasteiger partial charge is 0.376 e. The Morgan fingerprint density at radius 2 is 2.09 bits per heavy atom. The second-order valence-corrected chi connectivity index (χ2v) is 8.99. The van der Waals surface area contributed by atoms with E-state index in [9.17, 15) is 22.8 Å². The third-order valence-electron chi connectivity index (χ3n) is 6.16. The van der Waals surface area contributed by atoms with Crippen LogP contribution in [0.3, 0.4) is 0 Å². The summed E-state index contributed by atoms with van der Waals surface area (Å²) < 4.78 is 48.7. The Labute approximate surface area is 195 Å². The lowest BCUT2D eigenvalue weighted by atomic mass is 10.0. The van der Waals surface area contributed by atoms with Gasteiger partial charge in [-0.05, 0) is 50.7 Å². The van der Waals surface area contributed by atoms with Crippen LogP contribution in [0.5, 0.6) is 0 Å². The summed E-state index contributed by atoms with van der Waals surface area (Å²) in [6.45, 7) is 3.87. The van der Waals surface area contributed by atoms with Crippen LogP contribution in [-0.2, 0) is 11.3 Å². The first kappa shape index (κ1) is 24.2. The Hall–Kier alpha value is -2.95. The third kappa shape index (κ3) is 5.57. The van der Waals surface area contributed by atoms with E-state index in [-0.39, 0.29) is 36.4 Å². The summed E-state index contributed by atoms with van der Waals surface area (Å²) in [5.41, 5.74) is 0.370. The van der Waals surface area contributed by atoms with Gasteiger partial charge in [-0.1, -0.05) is 0 Å². The monoisotopic (exact) mass is 479 g/mol. The Balaban J connectivity index is 1.59. The fourth-order valence-electron chi connectivity index (χ4n) is 3.97. The molecule has 2 aromatic rings. The maximum Gasteiger partial charge on any atom is 0.408 e. The minimum atomic E-state index is -4.60. The number of rotatable bonds is 9. The number of carbonyl (C=O) groups is 1. The minimum absolute atomic E-state index is 0.136. The molecule has 8 nitrogen and oxygen atoms in total. The molecular weight excluding hydrogens is 451 g/mol. The molecule has 0 saturated heterocycles. The van der Waals surface area contributed by atoms with Crippen LogP contribution in [0, 0.1) is 12.8 Å². The van der Waals surface area contributed by atoms with Gasteiger partial charge in [0.1, 0.15) is 11.9 Å². The van der Waals surface area contributed by atoms with Crippen molar-refractivity contribution < 1.29 is 22.7 Å². The minimum Gasteiger partial charge on any atom is -0.376 e. The van der Waals surface area contributed by atoms with Crippen molar-refractivity contribution in [3.63, 3.8) is 0 Å². The number of nitrogens with zero attached hydrogens (tertiary/aromatic N) is 4. The number of nitrogens with one attached hydrogen (secondary N) is 1. The van der Waals surface area contributed by atoms with E-state index in [0.29, 0.717) is 24.6 Å². The number of anilines is 2. The third-order valence-corrected chi connectivity index (χ3v) is 6.16. The summed E-state index contributed by atoms with van der Waals surface area (Å²) >= 11 is 0. The van der Waals surface area contributed by atoms with Crippen molar-refractivity contribution in [2.24, 2.45) is 5.92 Å². The van der Waals surface area contributed by atoms with Gasteiger partial charge in [0.15, 0.2) is 5.78 Å². The van der Waals surface area contributed by atoms with Crippen molar-refractivity contribution in [1.82, 2.24) is 14.5 Å². The molecule has 0 aromatic carbocycles. The molecule has 1 saturated carbocycles. The fraction of sp³-hybridized carbons (Fsp3) is 0.565. The molecule has 0 amide bonds. The van der Waals surface area contributed by atoms with Crippen LogP contribution in [0.25, 0.3) is 0 Å². The van der Waals surface area contributed by atoms with Gasteiger partial charge in [0.25, 0.3) is 5.56 Å². The van der Waals surface area contributed by atoms with Crippen molar-refractivity contribution in [2.45, 2.75) is 58.0 Å². The van der Waals surface area contributed by atoms with Crippen molar-refractivity contribution in [3.05, 3.63) is 46.0 Å². The number of Topliss-reactive ketones (excluding diaryl/α,β-unsaturated/α-hetero) is 1. The Morgan fingerprint density at radius 1 is 1.32 bits per heavy atom. The number of carbonyl (C=O) groups excluding carboxylic acids is 1. The molecule has 1 N–H and O–H groups in total. The normalized spacial score (nSPS) is 19.0. The molecule has 2 atom stereocenters. The summed E-state index contributed by atoms with van der Waals surface area (Å²) in [5.74, 6) is 0.0480. The number of aromatic nitrogens is 3. The molecule has 1 fully saturated rings. The van der Waals surface area contributed by atoms with Gasteiger partial charge in [-0.3, -0.25) is 19.1 Å². The van der Waals surface area contributed by atoms with E-state index in [0.717, 1.165) is 17.7 Å². The molecule has 4 rings (SSSR count). The fourth-order valence-corrected chi connectivity index (χ4v) is 3.97. The van der Waals surface area contributed by atoms with E-state index >= 15 is 0 Å². The SMILES string of the molecule is Cc1ccncc1C(=O)CN1c2nc(NC[C@H](C)OCC3CC3)cc(=O)n2CC[C@H]1C(F)(F)F. The number of halogens is 3. The first-order valence-electron chi connectivity index (χ1n) is 11.4. The topological polar surface area (TPSA) is 89.4 Å². The quantitative estimate of drug-likeness (QED) is 0.553. The molecule has 0 unspecified atom stereocenters. The Morgan fingerprint density at radius 3 is 2.76 bits per heavy atom. The lowest BCUT2D eigenvalue weighted by Gasteiger charge is -2.38. The van der Waals surface area contributed by atoms with Crippen molar-refractivity contribution >= 4 is 17.5 Å². The number of ether oxygens (including phenoxy) is 1. The summed E-state index contributed by atoms with van der Waals surface area (Å²) in [6, 6.07) is 0.947. The number of aryl methyl sites for hydroxylation is 1. The molecule has 0 spiro atoms. The average Bonchev–Trinajstić information content (AvgIpc) is 3.60. The van der Waals surface area contributed by atoms with Crippen LogP contribution in [0.4, 0.5) is 24.9 Å². The predicted octanol–water partition coefficient (Wildman–Crippen LogP) is 3.20. The van der Waals surface area contributed by atoms with Gasteiger partial charge in [-0.25, -0.2) is 0 Å². The second kappa shape index (κ2) is 9.73. The Bertz CT molecular complexity index is 1100. The number of fused-ring (bicyclic) bond motifs is 1. The molecule has 184 valence electrons. The van der Waals surface area contributed by atoms with E-state index in [2.05, 4.69) is 15.3 Å². The van der Waals surface area contributed by atoms with Crippen LogP contribution in [0.15, 0.2) is 29.3 Å². The highest BCUT2D eigenvalue weighted by Gasteiger charge is 2.47. The van der Waals surface area contributed by atoms with E-state index in [4.69, 9.17) is 4.74 Å². The zero-order valence-corrected chi connectivity index (χ0v) is 19.1. The second-order valence-electron chi connectivity index (χ2n) is 8.99. The van der Waals surface area contributed by atoms with Gasteiger partial charge in [0.2, 0.25) is 5.95 Å². The van der Waals surface area contributed by atoms with E-state index in [1.807, 2.05) is 6.92 Å². The summed E-state index contributed by atoms with van der Waals surface area (Å²) in [5, 5.41) is 3.00. The molecule has 2 aromatic heterocycles. The number of hydrogen-bond acceptors (Lipinski definition) is 7. The molecule has 1 aliphatic heterocycles. The maximum absolute atomic E-state index is 13.9. The van der Waals surface area contributed by atoms with E-state index in [1.165, 1.54) is 23.0 Å². The van der Waals surface area contributed by atoms with Gasteiger partial charge in [0, 0.05) is 43.7 Å². The number of pyridine rings is 1. The highest BCUT2D eigenvalue weighted by molar-refractivity contribution is 6.00. The highest BCUT2D eigenvalue weighted by atomic mass is 19.4. The zero-order chi connectivity index (χ0) is 24.5. The summed E-state index contributed by atoms with van der Waals surface area (Å²) in [7, 11) is 0. The molecule has 0 bridgehead atoms. The zero-order valence-electron chi connectivity index (χ0n) is 19.1. The molecule has 0 radical (unpaired) electrons. The molecule has 11 heteroatoms. The van der Waals surface area contributed by atoms with E-state index in [1.54, 1.807) is 13.0 Å². The van der Waals surface area contributed by atoms with Crippen LogP contribution >= 0.6 is 0 Å². The molecular formula is C23H28F3N5O3. The van der Waals surface area contributed by atoms with Crippen LogP contribution in [0.2, 0.25) is 0 Å². The summed E-state index contributed by atoms with van der Waals surface area (Å²) in [4.78, 5) is 34.8. The average molecular weight is 480 g/mol. The molecule has 2 aliphatic rings. The standard InChI is InChI=1S/C23H28F3N5O3/c1-14-5-7-27-11-17(14)18(32)12-31-19(23(24,25)26)6-8-30-21(33)9-20(29-22(30)31)28-10-15(2)34-13-16-3-4-16/h5,7,9,11,15-16,19,28H,3-4,6,8,10,12-13H2,1-2H3/t15-,19-/m0/s1. The number of alkyl halides is 3. The van der Waals surface area contributed by atoms with Gasteiger partial charge >= 0.3 is 6.18 Å². The van der Waals surface area contributed by atoms with Gasteiger partial charge < -0.3 is 15.0 Å². The lowest BCUT2D eigenvalue weighted by molar-refractivity contribution is -0.152. The van der Waals surface area contributed by atoms with Crippen molar-refractivity contribution in [2.75, 3.05) is 29.9 Å². The Kier molecular flexibility index (Phi) is 6.92. The van der Waals surface area contributed by atoms with Crippen molar-refractivity contribution in [3.8, 4) is 0 Å². The molecule has 3 heterocycles. The maximum atomic E-state index is 13.9. The first-order chi connectivity index (χ1) is 16.1. The largest absolute Gasteiger partial charge is 0.408 e. The van der Waals surface area contributed by atoms with Crippen LogP contribution < -0.4 is 15.8 Å². The molecule has 34 heavy (non-hydrogen) atoms. The van der Waals surface area contributed by atoms with E-state index < -0.39 is 30.1 Å². The highest BCUT2D eigenvalue weighted by Crippen LogP contribution is 2.34. The van der Waals surface area contributed by atoms with Crippen LogP contribution in [0.1, 0.15) is 42.1 Å². The van der Waals surface area contributed by atoms with Crippen LogP contribution in [-0.4, -0.2) is 58.3 Å². The van der Waals surface area contributed by atoms with Gasteiger partial charge in [-0.15, -0.1) is 0 Å². The number of hydrogen-bond donors (Lipinski definition) is 1. The predicted molar refractivity (Wildman–Crippen MR) is 120 cm³/mol. The first-order valence-corrected chi connectivity index (χ1v) is 11.4. The van der Waals surface area contributed by atoms with Gasteiger partial charge in [-0.2, -0.15) is 18.2 Å². The molecule has 1 aliphatic carbocycles. The van der Waals surface area contributed by atoms with Crippen molar-refractivity contribution in [1.29, 1.82) is 0 Å². The number of ketones is 1. The summed E-state index contributed by atoms with van der Waals surface area (Å²) in [6.07, 6.45) is 0.0717. The lowest BCUT2D eigenvalue weighted by Crippen LogP contribution is -2.54.